The van der Waals surface area contributed by atoms with Crippen molar-refractivity contribution < 1.29 is 13.2 Å². The van der Waals surface area contributed by atoms with Gasteiger partial charge in [0, 0.05) is 5.69 Å². The molecule has 5 nitrogen and oxygen atoms in total. The van der Waals surface area contributed by atoms with Gasteiger partial charge in [-0.15, -0.1) is 0 Å². The Labute approximate surface area is 123 Å². The Hall–Kier alpha value is -2.34. The number of amides is 1. The number of nitrogens with one attached hydrogen (secondary N) is 1. The van der Waals surface area contributed by atoms with E-state index in [1.165, 1.54) is 12.1 Å². The molecule has 0 saturated heterocycles. The van der Waals surface area contributed by atoms with Crippen LogP contribution in [0, 0.1) is 6.92 Å². The van der Waals surface area contributed by atoms with Crippen molar-refractivity contribution in [3.05, 3.63) is 59.7 Å². The van der Waals surface area contributed by atoms with Crippen molar-refractivity contribution in [3.8, 4) is 0 Å². The fourth-order valence-electron chi connectivity index (χ4n) is 1.85. The molecule has 0 aromatic heterocycles. The van der Waals surface area contributed by atoms with Crippen LogP contribution >= 0.6 is 0 Å². The maximum absolute atomic E-state index is 12.1. The van der Waals surface area contributed by atoms with Crippen LogP contribution in [0.5, 0.6) is 0 Å². The summed E-state index contributed by atoms with van der Waals surface area (Å²) in [6.07, 6.45) is -0.0455. The summed E-state index contributed by atoms with van der Waals surface area (Å²) in [5.74, 6) is -0.596. The number of rotatable bonds is 4. The van der Waals surface area contributed by atoms with Crippen molar-refractivity contribution in [1.29, 1.82) is 0 Å². The second-order valence-electron chi connectivity index (χ2n) is 4.76. The highest BCUT2D eigenvalue weighted by atomic mass is 32.2. The first-order valence-electron chi connectivity index (χ1n) is 6.33. The van der Waals surface area contributed by atoms with Crippen LogP contribution in [0.2, 0.25) is 0 Å². The predicted molar refractivity (Wildman–Crippen MR) is 81.1 cm³/mol. The van der Waals surface area contributed by atoms with E-state index in [2.05, 4.69) is 4.72 Å². The third kappa shape index (κ3) is 4.06. The molecular weight excluding hydrogens is 288 g/mol. The molecule has 21 heavy (non-hydrogen) atoms. The number of hydrogen-bond acceptors (Lipinski definition) is 4. The molecule has 2 aromatic rings. The minimum Gasteiger partial charge on any atom is -0.399 e. The number of benzene rings is 2. The maximum atomic E-state index is 12.1. The second kappa shape index (κ2) is 5.97. The molecule has 0 spiro atoms. The first kappa shape index (κ1) is 15.1. The molecule has 110 valence electrons. The summed E-state index contributed by atoms with van der Waals surface area (Å²) in [4.78, 5) is 11.9. The van der Waals surface area contributed by atoms with Crippen molar-refractivity contribution in [2.24, 2.45) is 0 Å². The second-order valence-corrected chi connectivity index (χ2v) is 6.45. The lowest BCUT2D eigenvalue weighted by molar-refractivity contribution is -0.118. The summed E-state index contributed by atoms with van der Waals surface area (Å²) in [5.41, 5.74) is 7.75. The average Bonchev–Trinajstić information content (AvgIpc) is 2.38. The van der Waals surface area contributed by atoms with Gasteiger partial charge in [0.05, 0.1) is 11.3 Å². The summed E-state index contributed by atoms with van der Waals surface area (Å²) in [6, 6.07) is 13.0. The van der Waals surface area contributed by atoms with Gasteiger partial charge in [0.1, 0.15) is 0 Å². The number of nitrogens with two attached hydrogens (primary N) is 1. The number of carbonyl (C=O) groups is 1. The Morgan fingerprint density at radius 3 is 2.43 bits per heavy atom. The number of nitrogen functional groups attached to an aromatic ring is 1. The largest absolute Gasteiger partial charge is 0.399 e. The molecule has 0 unspecified atom stereocenters. The summed E-state index contributed by atoms with van der Waals surface area (Å²) in [7, 11) is -3.84. The molecule has 0 atom stereocenters. The van der Waals surface area contributed by atoms with Gasteiger partial charge in [0.2, 0.25) is 5.91 Å². The van der Waals surface area contributed by atoms with Crippen LogP contribution in [0.1, 0.15) is 11.1 Å². The zero-order chi connectivity index (χ0) is 15.5. The Bertz CT molecular complexity index is 753. The standard InChI is InChI=1S/C15H16N2O3S/c1-11-5-7-14(8-6-11)21(19,20)17-15(18)10-12-3-2-4-13(16)9-12/h2-9H,10,16H2,1H3,(H,17,18). The first-order chi connectivity index (χ1) is 9.87. The molecule has 0 aliphatic heterocycles. The topological polar surface area (TPSA) is 89.3 Å². The maximum Gasteiger partial charge on any atom is 0.264 e. The lowest BCUT2D eigenvalue weighted by Gasteiger charge is -2.07. The van der Waals surface area contributed by atoms with Gasteiger partial charge in [-0.25, -0.2) is 13.1 Å². The molecule has 0 aliphatic carbocycles. The summed E-state index contributed by atoms with van der Waals surface area (Å²) < 4.78 is 26.2. The summed E-state index contributed by atoms with van der Waals surface area (Å²) in [5, 5.41) is 0. The van der Waals surface area contributed by atoms with Gasteiger partial charge < -0.3 is 5.73 Å². The van der Waals surface area contributed by atoms with Crippen LogP contribution in [0.4, 0.5) is 5.69 Å². The molecule has 0 saturated carbocycles. The molecular formula is C15H16N2O3S. The minimum atomic E-state index is -3.84. The van der Waals surface area contributed by atoms with Crippen LogP contribution in [-0.4, -0.2) is 14.3 Å². The number of aryl methyl sites for hydroxylation is 1. The number of carbonyl (C=O) groups excluding carboxylic acids is 1. The smallest absolute Gasteiger partial charge is 0.264 e. The Balaban J connectivity index is 2.09. The monoisotopic (exact) mass is 304 g/mol. The minimum absolute atomic E-state index is 0.0455. The van der Waals surface area contributed by atoms with Gasteiger partial charge in [-0.2, -0.15) is 0 Å². The van der Waals surface area contributed by atoms with Crippen LogP contribution < -0.4 is 10.5 Å². The van der Waals surface area contributed by atoms with Gasteiger partial charge >= 0.3 is 0 Å². The molecule has 0 radical (unpaired) electrons. The number of sulfonamides is 1. The molecule has 2 aromatic carbocycles. The van der Waals surface area contributed by atoms with Crippen molar-refractivity contribution >= 4 is 21.6 Å². The van der Waals surface area contributed by atoms with Crippen LogP contribution in [0.15, 0.2) is 53.4 Å². The van der Waals surface area contributed by atoms with Crippen LogP contribution in [-0.2, 0) is 21.2 Å². The van der Waals surface area contributed by atoms with Crippen LogP contribution in [0.25, 0.3) is 0 Å². The number of hydrogen-bond donors (Lipinski definition) is 2. The first-order valence-corrected chi connectivity index (χ1v) is 7.82. The fraction of sp³-hybridized carbons (Fsp3) is 0.133. The molecule has 2 rings (SSSR count). The Kier molecular flexibility index (Phi) is 4.28. The zero-order valence-corrected chi connectivity index (χ0v) is 12.4. The molecule has 0 heterocycles. The lowest BCUT2D eigenvalue weighted by Crippen LogP contribution is -2.31. The van der Waals surface area contributed by atoms with E-state index >= 15 is 0 Å². The quantitative estimate of drug-likeness (QED) is 0.840. The number of anilines is 1. The van der Waals surface area contributed by atoms with Crippen LogP contribution in [0.3, 0.4) is 0 Å². The van der Waals surface area contributed by atoms with Crippen molar-refractivity contribution in [2.75, 3.05) is 5.73 Å². The van der Waals surface area contributed by atoms with Crippen molar-refractivity contribution in [3.63, 3.8) is 0 Å². The van der Waals surface area contributed by atoms with E-state index in [1.54, 1.807) is 36.4 Å². The SMILES string of the molecule is Cc1ccc(S(=O)(=O)NC(=O)Cc2cccc(N)c2)cc1. The molecule has 0 aliphatic rings. The highest BCUT2D eigenvalue weighted by Crippen LogP contribution is 2.11. The van der Waals surface area contributed by atoms with E-state index in [9.17, 15) is 13.2 Å². The van der Waals surface area contributed by atoms with E-state index in [0.29, 0.717) is 11.3 Å². The lowest BCUT2D eigenvalue weighted by atomic mass is 10.1. The third-order valence-electron chi connectivity index (χ3n) is 2.90. The molecule has 3 N–H and O–H groups in total. The van der Waals surface area contributed by atoms with E-state index in [0.717, 1.165) is 5.56 Å². The summed E-state index contributed by atoms with van der Waals surface area (Å²) in [6.45, 7) is 1.86. The molecule has 0 bridgehead atoms. The van der Waals surface area contributed by atoms with E-state index in [-0.39, 0.29) is 11.3 Å². The highest BCUT2D eigenvalue weighted by molar-refractivity contribution is 7.90. The van der Waals surface area contributed by atoms with Gasteiger partial charge in [-0.3, -0.25) is 4.79 Å². The van der Waals surface area contributed by atoms with Gasteiger partial charge in [-0.1, -0.05) is 29.8 Å². The zero-order valence-electron chi connectivity index (χ0n) is 11.5. The van der Waals surface area contributed by atoms with E-state index < -0.39 is 15.9 Å². The van der Waals surface area contributed by atoms with Gasteiger partial charge in [0.25, 0.3) is 10.0 Å². The fourth-order valence-corrected chi connectivity index (χ4v) is 2.83. The molecule has 6 heteroatoms. The molecule has 1 amide bonds. The van der Waals surface area contributed by atoms with Crippen molar-refractivity contribution in [1.82, 2.24) is 4.72 Å². The average molecular weight is 304 g/mol. The van der Waals surface area contributed by atoms with E-state index in [4.69, 9.17) is 5.73 Å². The van der Waals surface area contributed by atoms with Crippen molar-refractivity contribution in [2.45, 2.75) is 18.2 Å². The molecule has 0 fully saturated rings. The Morgan fingerprint density at radius 2 is 1.81 bits per heavy atom. The van der Waals surface area contributed by atoms with E-state index in [1.807, 2.05) is 6.92 Å². The Morgan fingerprint density at radius 1 is 1.14 bits per heavy atom. The van der Waals surface area contributed by atoms with Gasteiger partial charge in [-0.05, 0) is 36.8 Å². The normalized spacial score (nSPS) is 11.1. The third-order valence-corrected chi connectivity index (χ3v) is 4.28. The van der Waals surface area contributed by atoms with Gasteiger partial charge in [0.15, 0.2) is 0 Å². The predicted octanol–water partition coefficient (Wildman–Crippen LogP) is 1.62. The highest BCUT2D eigenvalue weighted by Gasteiger charge is 2.17. The summed E-state index contributed by atoms with van der Waals surface area (Å²) >= 11 is 0.